The van der Waals surface area contributed by atoms with E-state index in [1.165, 1.54) is 12.6 Å². The summed E-state index contributed by atoms with van der Waals surface area (Å²) < 4.78 is 0. The summed E-state index contributed by atoms with van der Waals surface area (Å²) in [7, 11) is 4.38. The lowest BCUT2D eigenvalue weighted by Crippen LogP contribution is -2.34. The number of hydrogen-bond acceptors (Lipinski definition) is 1. The zero-order valence-electron chi connectivity index (χ0n) is 9.59. The van der Waals surface area contributed by atoms with Gasteiger partial charge in [0.2, 0.25) is 6.85 Å². The van der Waals surface area contributed by atoms with Gasteiger partial charge in [0.15, 0.2) is 0 Å². The van der Waals surface area contributed by atoms with Crippen LogP contribution in [0, 0.1) is 11.8 Å². The maximum absolute atomic E-state index is 2.36. The summed E-state index contributed by atoms with van der Waals surface area (Å²) in [6, 6.07) is 0. The molecule has 0 spiro atoms. The van der Waals surface area contributed by atoms with Gasteiger partial charge in [0, 0.05) is 0 Å². The van der Waals surface area contributed by atoms with Crippen molar-refractivity contribution in [2.45, 2.75) is 40.3 Å². The van der Waals surface area contributed by atoms with E-state index in [0.29, 0.717) is 0 Å². The summed E-state index contributed by atoms with van der Waals surface area (Å²) >= 11 is 0. The highest BCUT2D eigenvalue weighted by Crippen LogP contribution is 2.15. The third-order valence-corrected chi connectivity index (χ3v) is 2.22. The second-order valence-corrected chi connectivity index (χ2v) is 4.88. The highest BCUT2D eigenvalue weighted by Gasteiger charge is 2.19. The molecule has 0 aromatic carbocycles. The number of rotatable bonds is 5. The van der Waals surface area contributed by atoms with Crippen molar-refractivity contribution in [1.82, 2.24) is 4.81 Å². The Bertz CT molecular complexity index is 100. The Kier molecular flexibility index (Phi) is 5.64. The normalized spacial score (nSPS) is 11.8. The molecule has 0 aliphatic heterocycles. The van der Waals surface area contributed by atoms with E-state index in [2.05, 4.69) is 46.6 Å². The van der Waals surface area contributed by atoms with E-state index < -0.39 is 0 Å². The molecule has 2 heteroatoms. The lowest BCUT2D eigenvalue weighted by molar-refractivity contribution is 0.579. The Morgan fingerprint density at radius 3 is 1.42 bits per heavy atom. The van der Waals surface area contributed by atoms with Gasteiger partial charge in [-0.05, 0) is 14.1 Å². The maximum atomic E-state index is 2.36. The molecule has 0 aromatic rings. The van der Waals surface area contributed by atoms with Crippen LogP contribution in [0.1, 0.15) is 27.7 Å². The molecule has 1 nitrogen and oxygen atoms in total. The van der Waals surface area contributed by atoms with Crippen LogP contribution < -0.4 is 0 Å². The minimum absolute atomic E-state index is 0.769. The van der Waals surface area contributed by atoms with E-state index in [0.717, 1.165) is 18.7 Å². The van der Waals surface area contributed by atoms with Crippen molar-refractivity contribution in [2.75, 3.05) is 14.1 Å². The average molecular weight is 169 g/mol. The van der Waals surface area contributed by atoms with Gasteiger partial charge >= 0.3 is 0 Å². The summed E-state index contributed by atoms with van der Waals surface area (Å²) in [5.41, 5.74) is 0. The molecule has 0 heterocycles. The molecule has 0 fully saturated rings. The smallest absolute Gasteiger partial charge is 0.223 e. The first-order valence-corrected chi connectivity index (χ1v) is 5.10. The van der Waals surface area contributed by atoms with E-state index >= 15 is 0 Å². The van der Waals surface area contributed by atoms with Crippen LogP contribution in [-0.4, -0.2) is 25.8 Å². The molecule has 12 heavy (non-hydrogen) atoms. The zero-order valence-corrected chi connectivity index (χ0v) is 9.59. The van der Waals surface area contributed by atoms with Crippen LogP contribution in [0.4, 0.5) is 0 Å². The molecule has 72 valence electrons. The van der Waals surface area contributed by atoms with Gasteiger partial charge in [0.1, 0.15) is 0 Å². The molecule has 0 saturated heterocycles. The van der Waals surface area contributed by atoms with Gasteiger partial charge in [-0.2, -0.15) is 0 Å². The molecular formula is C10H24BN. The second-order valence-electron chi connectivity index (χ2n) is 4.88. The van der Waals surface area contributed by atoms with Gasteiger partial charge in [0.25, 0.3) is 0 Å². The van der Waals surface area contributed by atoms with Crippen LogP contribution in [0.3, 0.4) is 0 Å². The van der Waals surface area contributed by atoms with Crippen LogP contribution >= 0.6 is 0 Å². The van der Waals surface area contributed by atoms with E-state index in [9.17, 15) is 0 Å². The fourth-order valence-corrected chi connectivity index (χ4v) is 1.61. The van der Waals surface area contributed by atoms with E-state index in [1.807, 2.05) is 0 Å². The Morgan fingerprint density at radius 1 is 0.917 bits per heavy atom. The minimum Gasteiger partial charge on any atom is -0.347 e. The van der Waals surface area contributed by atoms with Gasteiger partial charge in [-0.15, -0.1) is 0 Å². The third-order valence-electron chi connectivity index (χ3n) is 2.22. The van der Waals surface area contributed by atoms with Gasteiger partial charge < -0.3 is 4.81 Å². The average Bonchev–Trinajstić information content (AvgIpc) is 1.83. The lowest BCUT2D eigenvalue weighted by Gasteiger charge is -2.23. The molecule has 0 rings (SSSR count). The fraction of sp³-hybridized carbons (Fsp3) is 1.00. The van der Waals surface area contributed by atoms with E-state index in [1.54, 1.807) is 0 Å². The van der Waals surface area contributed by atoms with Crippen LogP contribution in [0.25, 0.3) is 0 Å². The Balaban J connectivity index is 3.87. The Labute approximate surface area is 78.6 Å². The van der Waals surface area contributed by atoms with Crippen LogP contribution in [0.2, 0.25) is 12.6 Å². The van der Waals surface area contributed by atoms with Crippen LogP contribution in [-0.2, 0) is 0 Å². The Hall–Kier alpha value is 0.0249. The lowest BCUT2D eigenvalue weighted by atomic mass is 9.50. The monoisotopic (exact) mass is 169 g/mol. The molecule has 0 aromatic heterocycles. The van der Waals surface area contributed by atoms with Crippen molar-refractivity contribution in [3.8, 4) is 0 Å². The third kappa shape index (κ3) is 5.65. The van der Waals surface area contributed by atoms with Crippen molar-refractivity contribution in [3.63, 3.8) is 0 Å². The van der Waals surface area contributed by atoms with Gasteiger partial charge in [-0.3, -0.25) is 0 Å². The van der Waals surface area contributed by atoms with Crippen molar-refractivity contribution >= 4 is 6.85 Å². The molecule has 0 N–H and O–H groups in total. The van der Waals surface area contributed by atoms with Crippen LogP contribution in [0.15, 0.2) is 0 Å². The molecule has 0 aliphatic rings. The highest BCUT2D eigenvalue weighted by atomic mass is 15.0. The molecule has 0 aliphatic carbocycles. The van der Waals surface area contributed by atoms with E-state index in [4.69, 9.17) is 0 Å². The fourth-order valence-electron chi connectivity index (χ4n) is 1.61. The van der Waals surface area contributed by atoms with Crippen molar-refractivity contribution in [1.29, 1.82) is 0 Å². The quantitative estimate of drug-likeness (QED) is 0.572. The summed E-state index contributed by atoms with van der Waals surface area (Å²) in [6.45, 7) is 9.98. The molecule has 0 bridgehead atoms. The van der Waals surface area contributed by atoms with Gasteiger partial charge in [-0.25, -0.2) is 0 Å². The number of nitrogens with zero attached hydrogens (tertiary/aromatic N) is 1. The zero-order chi connectivity index (χ0) is 9.72. The largest absolute Gasteiger partial charge is 0.347 e. The minimum atomic E-state index is 0.769. The molecular weight excluding hydrogens is 145 g/mol. The molecule has 0 unspecified atom stereocenters. The maximum Gasteiger partial charge on any atom is 0.223 e. The van der Waals surface area contributed by atoms with Gasteiger partial charge in [-0.1, -0.05) is 52.2 Å². The molecule has 0 radical (unpaired) electrons. The predicted octanol–water partition coefficient (Wildman–Crippen LogP) is 2.85. The molecule has 0 amide bonds. The van der Waals surface area contributed by atoms with Crippen LogP contribution in [0.5, 0.6) is 0 Å². The summed E-state index contributed by atoms with van der Waals surface area (Å²) in [5, 5.41) is 0. The first-order valence-electron chi connectivity index (χ1n) is 5.10. The first kappa shape index (κ1) is 12.0. The van der Waals surface area contributed by atoms with Crippen molar-refractivity contribution in [2.24, 2.45) is 11.8 Å². The van der Waals surface area contributed by atoms with Crippen molar-refractivity contribution in [3.05, 3.63) is 0 Å². The standard InChI is InChI=1S/C10H24BN/c1-9(2)7-11(12(5)6)8-10(3)4/h9-10H,7-8H2,1-6H3. The predicted molar refractivity (Wildman–Crippen MR) is 58.7 cm³/mol. The Morgan fingerprint density at radius 2 is 1.25 bits per heavy atom. The van der Waals surface area contributed by atoms with Crippen molar-refractivity contribution < 1.29 is 0 Å². The molecule has 0 saturated carbocycles. The molecule has 0 atom stereocenters. The van der Waals surface area contributed by atoms with Gasteiger partial charge in [0.05, 0.1) is 0 Å². The first-order chi connectivity index (χ1) is 5.43. The number of hydrogen-bond donors (Lipinski definition) is 0. The topological polar surface area (TPSA) is 3.24 Å². The summed E-state index contributed by atoms with van der Waals surface area (Å²) in [5.74, 6) is 1.63. The highest BCUT2D eigenvalue weighted by molar-refractivity contribution is 6.55. The SMILES string of the molecule is CC(C)CB(CC(C)C)N(C)C. The second kappa shape index (κ2) is 5.63. The van der Waals surface area contributed by atoms with E-state index in [-0.39, 0.29) is 0 Å². The summed E-state index contributed by atoms with van der Waals surface area (Å²) in [6.07, 6.45) is 2.65. The summed E-state index contributed by atoms with van der Waals surface area (Å²) in [4.78, 5) is 2.36.